The average Bonchev–Trinajstić information content (AvgIpc) is 3.14. The van der Waals surface area contributed by atoms with Crippen molar-refractivity contribution >= 4 is 11.6 Å². The Balaban J connectivity index is 1.63. The fraction of sp³-hybridized carbons (Fsp3) is 0.688. The Morgan fingerprint density at radius 3 is 2.95 bits per heavy atom. The third-order valence-electron chi connectivity index (χ3n) is 5.26. The molecule has 0 bridgehead atoms. The van der Waals surface area contributed by atoms with Gasteiger partial charge in [0.05, 0.1) is 5.60 Å². The smallest absolute Gasteiger partial charge is 0.254 e. The molecule has 3 heterocycles. The number of nitrogens with one attached hydrogen (secondary N) is 1. The number of nitrogens with zero attached hydrogens (tertiary/aromatic N) is 4. The van der Waals surface area contributed by atoms with Gasteiger partial charge in [0.15, 0.2) is 0 Å². The van der Waals surface area contributed by atoms with Gasteiger partial charge in [-0.15, -0.1) is 0 Å². The number of anilines is 1. The first-order valence-corrected chi connectivity index (χ1v) is 8.24. The molecule has 1 aliphatic heterocycles. The van der Waals surface area contributed by atoms with Crippen molar-refractivity contribution in [1.82, 2.24) is 19.6 Å². The third kappa shape index (κ3) is 2.26. The zero-order valence-corrected chi connectivity index (χ0v) is 13.3. The molecule has 4 rings (SSSR count). The van der Waals surface area contributed by atoms with E-state index in [4.69, 9.17) is 4.74 Å². The highest BCUT2D eigenvalue weighted by atomic mass is 16.5. The summed E-state index contributed by atoms with van der Waals surface area (Å²) in [6.07, 6.45) is 8.70. The van der Waals surface area contributed by atoms with E-state index >= 15 is 0 Å². The summed E-state index contributed by atoms with van der Waals surface area (Å²) in [5, 5.41) is 8.04. The van der Waals surface area contributed by atoms with Crippen molar-refractivity contribution in [2.75, 3.05) is 11.9 Å². The van der Waals surface area contributed by atoms with E-state index in [2.05, 4.69) is 27.3 Å². The molecule has 1 N–H and O–H groups in total. The van der Waals surface area contributed by atoms with Crippen LogP contribution in [0.5, 0.6) is 0 Å². The van der Waals surface area contributed by atoms with Gasteiger partial charge >= 0.3 is 0 Å². The van der Waals surface area contributed by atoms with Crippen molar-refractivity contribution in [3.05, 3.63) is 17.6 Å². The van der Waals surface area contributed by atoms with Gasteiger partial charge < -0.3 is 10.1 Å². The van der Waals surface area contributed by atoms with Gasteiger partial charge in [0.1, 0.15) is 12.1 Å². The van der Waals surface area contributed by atoms with Crippen molar-refractivity contribution in [3.63, 3.8) is 0 Å². The van der Waals surface area contributed by atoms with Gasteiger partial charge in [-0.05, 0) is 39.5 Å². The summed E-state index contributed by atoms with van der Waals surface area (Å²) in [5.41, 5.74) is 2.27. The third-order valence-corrected chi connectivity index (χ3v) is 5.26. The van der Waals surface area contributed by atoms with Gasteiger partial charge in [-0.25, -0.2) is 4.98 Å². The Kier molecular flexibility index (Phi) is 3.29. The summed E-state index contributed by atoms with van der Waals surface area (Å²) in [6.45, 7) is 4.97. The maximum absolute atomic E-state index is 6.13. The van der Waals surface area contributed by atoms with Gasteiger partial charge in [-0.1, -0.05) is 12.8 Å². The Labute approximate surface area is 130 Å². The molecule has 0 radical (unpaired) electrons. The molecule has 2 aromatic rings. The lowest BCUT2D eigenvalue weighted by Crippen LogP contribution is -2.42. The van der Waals surface area contributed by atoms with Gasteiger partial charge in [0.25, 0.3) is 5.78 Å². The summed E-state index contributed by atoms with van der Waals surface area (Å²) >= 11 is 0. The Bertz CT molecular complexity index is 689. The van der Waals surface area contributed by atoms with Crippen LogP contribution in [0.3, 0.4) is 0 Å². The predicted octanol–water partition coefficient (Wildman–Crippen LogP) is 2.64. The largest absolute Gasteiger partial charge is 0.375 e. The second-order valence-corrected chi connectivity index (χ2v) is 6.72. The minimum absolute atomic E-state index is 0.118. The zero-order valence-electron chi connectivity index (χ0n) is 13.3. The fourth-order valence-electron chi connectivity index (χ4n) is 3.91. The van der Waals surface area contributed by atoms with E-state index in [-0.39, 0.29) is 5.60 Å². The highest BCUT2D eigenvalue weighted by molar-refractivity contribution is 5.52. The molecule has 1 spiro atoms. The number of hydrogen-bond donors (Lipinski definition) is 1. The van der Waals surface area contributed by atoms with E-state index in [0.29, 0.717) is 11.8 Å². The quantitative estimate of drug-likeness (QED) is 0.924. The molecular formula is C16H23N5O. The molecule has 22 heavy (non-hydrogen) atoms. The first-order chi connectivity index (χ1) is 10.7. The van der Waals surface area contributed by atoms with Gasteiger partial charge in [-0.2, -0.15) is 14.6 Å². The van der Waals surface area contributed by atoms with E-state index in [1.165, 1.54) is 25.7 Å². The molecule has 2 fully saturated rings. The minimum atomic E-state index is 0.118. The van der Waals surface area contributed by atoms with Gasteiger partial charge in [0.2, 0.25) is 0 Å². The van der Waals surface area contributed by atoms with Crippen LogP contribution in [0, 0.1) is 13.8 Å². The van der Waals surface area contributed by atoms with Crippen molar-refractivity contribution in [2.45, 2.75) is 64.0 Å². The fourth-order valence-corrected chi connectivity index (χ4v) is 3.91. The molecular weight excluding hydrogens is 278 g/mol. The summed E-state index contributed by atoms with van der Waals surface area (Å²) in [6, 6.07) is 0.430. The maximum atomic E-state index is 6.13. The first-order valence-electron chi connectivity index (χ1n) is 8.24. The number of aromatic nitrogens is 4. The van der Waals surface area contributed by atoms with E-state index < -0.39 is 0 Å². The molecule has 1 unspecified atom stereocenters. The van der Waals surface area contributed by atoms with E-state index in [1.54, 1.807) is 6.33 Å². The zero-order chi connectivity index (χ0) is 15.2. The molecule has 1 saturated heterocycles. The summed E-state index contributed by atoms with van der Waals surface area (Å²) in [4.78, 5) is 8.71. The molecule has 1 atom stereocenters. The molecule has 6 heteroatoms. The van der Waals surface area contributed by atoms with Crippen LogP contribution in [-0.4, -0.2) is 37.8 Å². The van der Waals surface area contributed by atoms with Crippen molar-refractivity contribution in [2.24, 2.45) is 0 Å². The number of aryl methyl sites for hydroxylation is 1. The highest BCUT2D eigenvalue weighted by Gasteiger charge is 2.40. The summed E-state index contributed by atoms with van der Waals surface area (Å²) < 4.78 is 7.95. The van der Waals surface area contributed by atoms with Crippen LogP contribution in [0.2, 0.25) is 0 Å². The molecule has 2 aromatic heterocycles. The van der Waals surface area contributed by atoms with Crippen LogP contribution in [-0.2, 0) is 4.74 Å². The molecule has 1 aliphatic carbocycles. The SMILES string of the molecule is Cc1nc2ncnn2c(NC2CCOC3(CCCC3)C2)c1C. The maximum Gasteiger partial charge on any atom is 0.254 e. The Hall–Kier alpha value is -1.69. The lowest BCUT2D eigenvalue weighted by Gasteiger charge is -2.39. The molecule has 2 aliphatic rings. The minimum Gasteiger partial charge on any atom is -0.375 e. The van der Waals surface area contributed by atoms with Crippen molar-refractivity contribution < 1.29 is 4.74 Å². The molecule has 0 amide bonds. The van der Waals surface area contributed by atoms with Gasteiger partial charge in [0, 0.05) is 23.9 Å². The Morgan fingerprint density at radius 2 is 2.14 bits per heavy atom. The van der Waals surface area contributed by atoms with E-state index in [9.17, 15) is 0 Å². The molecule has 0 aromatic carbocycles. The number of fused-ring (bicyclic) bond motifs is 1. The normalized spacial score (nSPS) is 24.2. The van der Waals surface area contributed by atoms with Crippen molar-refractivity contribution in [1.29, 1.82) is 0 Å². The van der Waals surface area contributed by atoms with Crippen molar-refractivity contribution in [3.8, 4) is 0 Å². The monoisotopic (exact) mass is 301 g/mol. The second-order valence-electron chi connectivity index (χ2n) is 6.72. The standard InChI is InChI=1S/C16H23N5O/c1-11-12(2)19-15-17-10-18-21(15)14(11)20-13-5-8-22-16(9-13)6-3-4-7-16/h10,13,20H,3-9H2,1-2H3. The van der Waals surface area contributed by atoms with Crippen LogP contribution in [0.1, 0.15) is 49.8 Å². The van der Waals surface area contributed by atoms with E-state index in [0.717, 1.165) is 36.5 Å². The average molecular weight is 301 g/mol. The topological polar surface area (TPSA) is 64.3 Å². The highest BCUT2D eigenvalue weighted by Crippen LogP contribution is 2.40. The number of hydrogen-bond acceptors (Lipinski definition) is 5. The number of ether oxygens (including phenoxy) is 1. The second kappa shape index (κ2) is 5.19. The predicted molar refractivity (Wildman–Crippen MR) is 84.1 cm³/mol. The molecule has 6 nitrogen and oxygen atoms in total. The lowest BCUT2D eigenvalue weighted by molar-refractivity contribution is -0.0767. The Morgan fingerprint density at radius 1 is 1.32 bits per heavy atom. The summed E-state index contributed by atoms with van der Waals surface area (Å²) in [5.74, 6) is 1.69. The molecule has 118 valence electrons. The first kappa shape index (κ1) is 13.9. The van der Waals surface area contributed by atoms with Crippen LogP contribution >= 0.6 is 0 Å². The van der Waals surface area contributed by atoms with E-state index in [1.807, 2.05) is 11.4 Å². The summed E-state index contributed by atoms with van der Waals surface area (Å²) in [7, 11) is 0. The lowest BCUT2D eigenvalue weighted by atomic mass is 9.89. The molecule has 1 saturated carbocycles. The number of rotatable bonds is 2. The van der Waals surface area contributed by atoms with Gasteiger partial charge in [-0.3, -0.25) is 0 Å². The van der Waals surface area contributed by atoms with Crippen LogP contribution in [0.4, 0.5) is 5.82 Å². The van der Waals surface area contributed by atoms with Crippen LogP contribution in [0.15, 0.2) is 6.33 Å². The van der Waals surface area contributed by atoms with Crippen LogP contribution in [0.25, 0.3) is 5.78 Å². The van der Waals surface area contributed by atoms with Crippen LogP contribution < -0.4 is 5.32 Å².